The number of ether oxygens (including phenoxy) is 1. The zero-order valence-corrected chi connectivity index (χ0v) is 15.7. The first kappa shape index (κ1) is 19.0. The third-order valence-corrected chi connectivity index (χ3v) is 4.15. The molecule has 5 heteroatoms. The summed E-state index contributed by atoms with van der Waals surface area (Å²) < 4.78 is 5.39. The lowest BCUT2D eigenvalue weighted by Crippen LogP contribution is -2.17. The maximum Gasteiger partial charge on any atom is 0.343 e. The highest BCUT2D eigenvalue weighted by molar-refractivity contribution is 5.95. The summed E-state index contributed by atoms with van der Waals surface area (Å²) in [7, 11) is 0. The van der Waals surface area contributed by atoms with Gasteiger partial charge in [0.15, 0.2) is 0 Å². The van der Waals surface area contributed by atoms with Crippen LogP contribution >= 0.6 is 0 Å². The molecule has 0 saturated carbocycles. The summed E-state index contributed by atoms with van der Waals surface area (Å²) in [6, 6.07) is 21.4. The average molecular weight is 372 g/mol. The Balaban J connectivity index is 1.57. The Morgan fingerprint density at radius 3 is 2.25 bits per heavy atom. The van der Waals surface area contributed by atoms with Crippen molar-refractivity contribution in [2.75, 3.05) is 0 Å². The van der Waals surface area contributed by atoms with Crippen molar-refractivity contribution in [1.82, 2.24) is 5.43 Å². The number of nitrogens with zero attached hydrogens (tertiary/aromatic N) is 1. The highest BCUT2D eigenvalue weighted by Gasteiger charge is 2.10. The van der Waals surface area contributed by atoms with Crippen LogP contribution in [0.2, 0.25) is 0 Å². The van der Waals surface area contributed by atoms with Crippen molar-refractivity contribution < 1.29 is 14.3 Å². The highest BCUT2D eigenvalue weighted by atomic mass is 16.5. The van der Waals surface area contributed by atoms with Crippen LogP contribution in [0.3, 0.4) is 0 Å². The number of esters is 1. The molecule has 0 fully saturated rings. The molecular weight excluding hydrogens is 352 g/mol. The summed E-state index contributed by atoms with van der Waals surface area (Å²) in [6.45, 7) is 3.82. The second-order valence-electron chi connectivity index (χ2n) is 6.34. The van der Waals surface area contributed by atoms with Gasteiger partial charge in [0, 0.05) is 5.56 Å². The fourth-order valence-corrected chi connectivity index (χ4v) is 2.52. The molecule has 0 spiro atoms. The van der Waals surface area contributed by atoms with Crippen molar-refractivity contribution in [1.29, 1.82) is 0 Å². The molecule has 3 rings (SSSR count). The SMILES string of the molecule is Cc1ccc(C(=O)N/N=C\c2ccc(OC(=O)c3ccccc3C)cc2)cc1. The Bertz CT molecular complexity index is 1010. The largest absolute Gasteiger partial charge is 0.423 e. The summed E-state index contributed by atoms with van der Waals surface area (Å²) >= 11 is 0. The number of aryl methyl sites for hydroxylation is 2. The zero-order chi connectivity index (χ0) is 19.9. The minimum atomic E-state index is -0.398. The minimum Gasteiger partial charge on any atom is -0.423 e. The van der Waals surface area contributed by atoms with E-state index >= 15 is 0 Å². The molecule has 0 heterocycles. The zero-order valence-electron chi connectivity index (χ0n) is 15.7. The van der Waals surface area contributed by atoms with Gasteiger partial charge in [0.2, 0.25) is 0 Å². The van der Waals surface area contributed by atoms with E-state index < -0.39 is 5.97 Å². The topological polar surface area (TPSA) is 67.8 Å². The third kappa shape index (κ3) is 4.92. The molecule has 0 saturated heterocycles. The molecule has 0 radical (unpaired) electrons. The highest BCUT2D eigenvalue weighted by Crippen LogP contribution is 2.15. The fourth-order valence-electron chi connectivity index (χ4n) is 2.52. The number of nitrogens with one attached hydrogen (secondary N) is 1. The lowest BCUT2D eigenvalue weighted by Gasteiger charge is -2.06. The molecule has 5 nitrogen and oxygen atoms in total. The van der Waals surface area contributed by atoms with Crippen LogP contribution in [0.1, 0.15) is 37.4 Å². The van der Waals surface area contributed by atoms with E-state index in [9.17, 15) is 9.59 Å². The summed E-state index contributed by atoms with van der Waals surface area (Å²) in [4.78, 5) is 24.2. The van der Waals surface area contributed by atoms with Crippen LogP contribution in [0.25, 0.3) is 0 Å². The number of carbonyl (C=O) groups is 2. The standard InChI is InChI=1S/C23H20N2O3/c1-16-7-11-19(12-8-16)22(26)25-24-15-18-9-13-20(14-10-18)28-23(27)21-6-4-3-5-17(21)2/h3-15H,1-2H3,(H,25,26)/b24-15-. The molecule has 28 heavy (non-hydrogen) atoms. The monoisotopic (exact) mass is 372 g/mol. The Hall–Kier alpha value is -3.73. The van der Waals surface area contributed by atoms with Crippen LogP contribution < -0.4 is 10.2 Å². The van der Waals surface area contributed by atoms with Gasteiger partial charge in [0.25, 0.3) is 5.91 Å². The maximum absolute atomic E-state index is 12.2. The first-order valence-corrected chi connectivity index (χ1v) is 8.81. The molecule has 0 aliphatic heterocycles. The molecule has 0 unspecified atom stereocenters. The number of benzene rings is 3. The maximum atomic E-state index is 12.2. The molecule has 1 N–H and O–H groups in total. The molecular formula is C23H20N2O3. The second kappa shape index (κ2) is 8.77. The van der Waals surface area contributed by atoms with E-state index in [0.29, 0.717) is 16.9 Å². The first-order chi connectivity index (χ1) is 13.5. The van der Waals surface area contributed by atoms with Crippen molar-refractivity contribution in [2.24, 2.45) is 5.10 Å². The molecule has 3 aromatic rings. The van der Waals surface area contributed by atoms with Crippen molar-refractivity contribution in [3.63, 3.8) is 0 Å². The van der Waals surface area contributed by atoms with Crippen molar-refractivity contribution in [3.05, 3.63) is 101 Å². The molecule has 0 aliphatic carbocycles. The van der Waals surface area contributed by atoms with Crippen LogP contribution in [0.15, 0.2) is 77.9 Å². The predicted molar refractivity (Wildman–Crippen MR) is 109 cm³/mol. The molecule has 0 aromatic heterocycles. The first-order valence-electron chi connectivity index (χ1n) is 8.81. The van der Waals surface area contributed by atoms with Gasteiger partial charge in [-0.1, -0.05) is 35.9 Å². The van der Waals surface area contributed by atoms with Crippen LogP contribution in [-0.4, -0.2) is 18.1 Å². The Labute approximate surface area is 163 Å². The summed E-state index contributed by atoms with van der Waals surface area (Å²) in [5.74, 6) is -0.237. The van der Waals surface area contributed by atoms with Gasteiger partial charge >= 0.3 is 5.97 Å². The summed E-state index contributed by atoms with van der Waals surface area (Å²) in [5.41, 5.74) is 6.28. The molecule has 140 valence electrons. The number of hydrogen-bond donors (Lipinski definition) is 1. The van der Waals surface area contributed by atoms with Gasteiger partial charge in [0.05, 0.1) is 11.8 Å². The third-order valence-electron chi connectivity index (χ3n) is 4.15. The van der Waals surface area contributed by atoms with E-state index in [0.717, 1.165) is 16.7 Å². The quantitative estimate of drug-likeness (QED) is 0.314. The van der Waals surface area contributed by atoms with E-state index in [1.165, 1.54) is 6.21 Å². The minimum absolute atomic E-state index is 0.278. The smallest absolute Gasteiger partial charge is 0.343 e. The molecule has 0 bridgehead atoms. The summed E-state index contributed by atoms with van der Waals surface area (Å²) in [5, 5.41) is 3.96. The van der Waals surface area contributed by atoms with Gasteiger partial charge in [0.1, 0.15) is 5.75 Å². The van der Waals surface area contributed by atoms with Crippen molar-refractivity contribution >= 4 is 18.1 Å². The van der Waals surface area contributed by atoms with Crippen molar-refractivity contribution in [2.45, 2.75) is 13.8 Å². The van der Waals surface area contributed by atoms with Gasteiger partial charge in [-0.15, -0.1) is 0 Å². The van der Waals surface area contributed by atoms with Crippen LogP contribution in [0.4, 0.5) is 0 Å². The van der Waals surface area contributed by atoms with E-state index in [1.807, 2.05) is 38.1 Å². The lowest BCUT2D eigenvalue weighted by atomic mass is 10.1. The lowest BCUT2D eigenvalue weighted by molar-refractivity contribution is 0.0733. The van der Waals surface area contributed by atoms with E-state index in [1.54, 1.807) is 48.5 Å². The Kier molecular flexibility index (Phi) is 5.97. The second-order valence-corrected chi connectivity index (χ2v) is 6.34. The van der Waals surface area contributed by atoms with Crippen molar-refractivity contribution in [3.8, 4) is 5.75 Å². The van der Waals surface area contributed by atoms with Crippen LogP contribution in [0.5, 0.6) is 5.75 Å². The van der Waals surface area contributed by atoms with Gasteiger partial charge in [-0.2, -0.15) is 5.10 Å². The Morgan fingerprint density at radius 2 is 1.57 bits per heavy atom. The number of rotatable bonds is 5. The van der Waals surface area contributed by atoms with Gasteiger partial charge < -0.3 is 4.74 Å². The number of hydrazone groups is 1. The normalized spacial score (nSPS) is 10.6. The average Bonchev–Trinajstić information content (AvgIpc) is 2.70. The molecule has 1 amide bonds. The molecule has 0 atom stereocenters. The van der Waals surface area contributed by atoms with E-state index in [-0.39, 0.29) is 5.91 Å². The van der Waals surface area contributed by atoms with Crippen LogP contribution in [-0.2, 0) is 0 Å². The Morgan fingerprint density at radius 1 is 0.893 bits per heavy atom. The van der Waals surface area contributed by atoms with Gasteiger partial charge in [-0.05, 0) is 67.4 Å². The number of amides is 1. The fraction of sp³-hybridized carbons (Fsp3) is 0.0870. The van der Waals surface area contributed by atoms with E-state index in [4.69, 9.17) is 4.74 Å². The van der Waals surface area contributed by atoms with Gasteiger partial charge in [-0.3, -0.25) is 4.79 Å². The molecule has 3 aromatic carbocycles. The van der Waals surface area contributed by atoms with E-state index in [2.05, 4.69) is 10.5 Å². The van der Waals surface area contributed by atoms with Crippen LogP contribution in [0, 0.1) is 13.8 Å². The molecule has 0 aliphatic rings. The number of carbonyl (C=O) groups excluding carboxylic acids is 2. The predicted octanol–water partition coefficient (Wildman–Crippen LogP) is 4.29. The van der Waals surface area contributed by atoms with Gasteiger partial charge in [-0.25, -0.2) is 10.2 Å². The number of hydrogen-bond acceptors (Lipinski definition) is 4. The summed E-state index contributed by atoms with van der Waals surface area (Å²) in [6.07, 6.45) is 1.53.